The second-order valence-electron chi connectivity index (χ2n) is 4.40. The molecule has 0 aromatic carbocycles. The van der Waals surface area contributed by atoms with Gasteiger partial charge in [0.25, 0.3) is 5.91 Å². The summed E-state index contributed by atoms with van der Waals surface area (Å²) in [6.45, 7) is 7.71. The van der Waals surface area contributed by atoms with E-state index in [0.29, 0.717) is 12.3 Å². The molecular weight excluding hydrogens is 180 g/mol. The molecule has 4 heteroatoms. The smallest absolute Gasteiger partial charge is 0.250 e. The highest BCUT2D eigenvalue weighted by atomic mass is 16.3. The molecule has 0 aromatic rings. The third-order valence-electron chi connectivity index (χ3n) is 1.85. The van der Waals surface area contributed by atoms with E-state index in [1.807, 2.05) is 27.7 Å². The number of hydrogen-bond donors (Lipinski definition) is 3. The van der Waals surface area contributed by atoms with Crippen LogP contribution in [0.3, 0.4) is 0 Å². The normalized spacial score (nSPS) is 15.7. The topological polar surface area (TPSA) is 75.3 Å². The van der Waals surface area contributed by atoms with Crippen molar-refractivity contribution in [1.29, 1.82) is 0 Å². The number of carbonyl (C=O) groups is 1. The Bertz CT molecular complexity index is 181. The van der Waals surface area contributed by atoms with Crippen LogP contribution in [0.15, 0.2) is 0 Å². The van der Waals surface area contributed by atoms with Crippen molar-refractivity contribution in [2.75, 3.05) is 0 Å². The Balaban J connectivity index is 4.03. The van der Waals surface area contributed by atoms with Crippen LogP contribution in [0, 0.1) is 5.92 Å². The molecule has 0 aliphatic carbocycles. The lowest BCUT2D eigenvalue weighted by atomic mass is 9.99. The van der Waals surface area contributed by atoms with E-state index in [9.17, 15) is 9.90 Å². The summed E-state index contributed by atoms with van der Waals surface area (Å²) >= 11 is 0. The minimum Gasteiger partial charge on any atom is -0.382 e. The Labute approximate surface area is 85.9 Å². The van der Waals surface area contributed by atoms with Gasteiger partial charge in [-0.15, -0.1) is 0 Å². The van der Waals surface area contributed by atoms with Gasteiger partial charge in [0.2, 0.25) is 0 Å². The Hall–Kier alpha value is -0.610. The zero-order valence-corrected chi connectivity index (χ0v) is 9.45. The maximum atomic E-state index is 11.3. The van der Waals surface area contributed by atoms with E-state index in [4.69, 9.17) is 5.73 Å². The Kier molecular flexibility index (Phi) is 5.72. The molecule has 0 aliphatic heterocycles. The number of aliphatic hydroxyl groups excluding tert-OH is 1. The first-order valence-electron chi connectivity index (χ1n) is 5.08. The predicted octanol–water partition coefficient (Wildman–Crippen LogP) is 0.245. The molecule has 0 fully saturated rings. The second-order valence-corrected chi connectivity index (χ2v) is 4.40. The third-order valence-corrected chi connectivity index (χ3v) is 1.85. The average molecular weight is 202 g/mol. The van der Waals surface area contributed by atoms with Crippen molar-refractivity contribution >= 4 is 5.91 Å². The van der Waals surface area contributed by atoms with E-state index in [1.54, 1.807) is 0 Å². The average Bonchev–Trinajstić information content (AvgIpc) is 2.00. The van der Waals surface area contributed by atoms with Crippen LogP contribution in [0.25, 0.3) is 0 Å². The lowest BCUT2D eigenvalue weighted by molar-refractivity contribution is -0.131. The van der Waals surface area contributed by atoms with Crippen LogP contribution in [-0.4, -0.2) is 29.2 Å². The fraction of sp³-hybridized carbons (Fsp3) is 0.900. The molecular formula is C10H22N2O2. The number of amides is 1. The van der Waals surface area contributed by atoms with Crippen molar-refractivity contribution in [1.82, 2.24) is 5.32 Å². The quantitative estimate of drug-likeness (QED) is 0.598. The first-order valence-corrected chi connectivity index (χ1v) is 5.08. The van der Waals surface area contributed by atoms with Crippen molar-refractivity contribution < 1.29 is 9.90 Å². The van der Waals surface area contributed by atoms with Crippen molar-refractivity contribution in [2.45, 2.75) is 52.3 Å². The van der Waals surface area contributed by atoms with Gasteiger partial charge in [0.15, 0.2) is 0 Å². The summed E-state index contributed by atoms with van der Waals surface area (Å²) in [4.78, 5) is 11.3. The monoisotopic (exact) mass is 202 g/mol. The van der Waals surface area contributed by atoms with Gasteiger partial charge in [-0.1, -0.05) is 13.8 Å². The molecule has 4 N–H and O–H groups in total. The number of rotatable bonds is 5. The van der Waals surface area contributed by atoms with Crippen LogP contribution in [0.5, 0.6) is 0 Å². The van der Waals surface area contributed by atoms with Crippen LogP contribution >= 0.6 is 0 Å². The van der Waals surface area contributed by atoms with Crippen molar-refractivity contribution in [3.05, 3.63) is 0 Å². The summed E-state index contributed by atoms with van der Waals surface area (Å²) in [5.74, 6) is -0.000324. The zero-order chi connectivity index (χ0) is 11.3. The van der Waals surface area contributed by atoms with Crippen LogP contribution in [0.1, 0.15) is 34.1 Å². The van der Waals surface area contributed by atoms with Crippen LogP contribution in [0.2, 0.25) is 0 Å². The number of aliphatic hydroxyl groups is 1. The summed E-state index contributed by atoms with van der Waals surface area (Å²) in [5, 5.41) is 12.2. The number of hydrogen-bond acceptors (Lipinski definition) is 3. The summed E-state index contributed by atoms with van der Waals surface area (Å²) < 4.78 is 0. The lowest BCUT2D eigenvalue weighted by Gasteiger charge is -2.20. The number of nitrogens with two attached hydrogens (primary N) is 1. The molecule has 2 atom stereocenters. The van der Waals surface area contributed by atoms with Crippen LogP contribution < -0.4 is 11.1 Å². The fourth-order valence-electron chi connectivity index (χ4n) is 1.24. The van der Waals surface area contributed by atoms with E-state index in [2.05, 4.69) is 5.32 Å². The molecule has 84 valence electrons. The van der Waals surface area contributed by atoms with Crippen molar-refractivity contribution in [3.8, 4) is 0 Å². The Morgan fingerprint density at radius 2 is 1.86 bits per heavy atom. The minimum absolute atomic E-state index is 0.0309. The SMILES string of the molecule is CC(C)C[C@H](N)C(O)C(=O)NC(C)C. The van der Waals surface area contributed by atoms with E-state index in [1.165, 1.54) is 0 Å². The largest absolute Gasteiger partial charge is 0.382 e. The molecule has 1 amide bonds. The summed E-state index contributed by atoms with van der Waals surface area (Å²) in [7, 11) is 0. The molecule has 14 heavy (non-hydrogen) atoms. The van der Waals surface area contributed by atoms with Gasteiger partial charge in [-0.3, -0.25) is 4.79 Å². The van der Waals surface area contributed by atoms with E-state index < -0.39 is 12.1 Å². The predicted molar refractivity (Wildman–Crippen MR) is 56.7 cm³/mol. The minimum atomic E-state index is -1.10. The number of nitrogens with one attached hydrogen (secondary N) is 1. The molecule has 0 spiro atoms. The molecule has 1 unspecified atom stereocenters. The van der Waals surface area contributed by atoms with Crippen molar-refractivity contribution in [3.63, 3.8) is 0 Å². The van der Waals surface area contributed by atoms with Crippen LogP contribution in [0.4, 0.5) is 0 Å². The fourth-order valence-corrected chi connectivity index (χ4v) is 1.24. The molecule has 0 saturated heterocycles. The molecule has 0 saturated carbocycles. The second kappa shape index (κ2) is 5.98. The van der Waals surface area contributed by atoms with Crippen LogP contribution in [-0.2, 0) is 4.79 Å². The molecule has 0 rings (SSSR count). The standard InChI is InChI=1S/C10H22N2O2/c1-6(2)5-8(11)9(13)10(14)12-7(3)4/h6-9,13H,5,11H2,1-4H3,(H,12,14)/t8-,9?/m0/s1. The molecule has 0 aliphatic rings. The third kappa shape index (κ3) is 5.19. The molecule has 0 aromatic heterocycles. The van der Waals surface area contributed by atoms with Gasteiger partial charge < -0.3 is 16.2 Å². The van der Waals surface area contributed by atoms with Gasteiger partial charge in [-0.25, -0.2) is 0 Å². The van der Waals surface area contributed by atoms with E-state index in [0.717, 1.165) is 0 Å². The van der Waals surface area contributed by atoms with Gasteiger partial charge in [-0.05, 0) is 26.2 Å². The van der Waals surface area contributed by atoms with Gasteiger partial charge in [0, 0.05) is 12.1 Å². The zero-order valence-electron chi connectivity index (χ0n) is 9.45. The molecule has 4 nitrogen and oxygen atoms in total. The highest BCUT2D eigenvalue weighted by Gasteiger charge is 2.23. The summed E-state index contributed by atoms with van der Waals surface area (Å²) in [6, 6.07) is -0.447. The van der Waals surface area contributed by atoms with Gasteiger partial charge in [-0.2, -0.15) is 0 Å². The Morgan fingerprint density at radius 1 is 1.36 bits per heavy atom. The summed E-state index contributed by atoms with van der Waals surface area (Å²) in [5.41, 5.74) is 5.68. The highest BCUT2D eigenvalue weighted by Crippen LogP contribution is 2.06. The van der Waals surface area contributed by atoms with Gasteiger partial charge in [0.05, 0.1) is 0 Å². The highest BCUT2D eigenvalue weighted by molar-refractivity contribution is 5.81. The molecule has 0 bridgehead atoms. The lowest BCUT2D eigenvalue weighted by Crippen LogP contribution is -2.48. The van der Waals surface area contributed by atoms with Crippen molar-refractivity contribution in [2.24, 2.45) is 11.7 Å². The molecule has 0 heterocycles. The van der Waals surface area contributed by atoms with E-state index >= 15 is 0 Å². The van der Waals surface area contributed by atoms with Gasteiger partial charge >= 0.3 is 0 Å². The maximum absolute atomic E-state index is 11.3. The molecule has 0 radical (unpaired) electrons. The Morgan fingerprint density at radius 3 is 2.21 bits per heavy atom. The van der Waals surface area contributed by atoms with Gasteiger partial charge in [0.1, 0.15) is 6.10 Å². The maximum Gasteiger partial charge on any atom is 0.250 e. The number of carbonyl (C=O) groups excluding carboxylic acids is 1. The van der Waals surface area contributed by atoms with E-state index in [-0.39, 0.29) is 11.9 Å². The first kappa shape index (κ1) is 13.4. The summed E-state index contributed by atoms with van der Waals surface area (Å²) in [6.07, 6.45) is -0.452. The first-order chi connectivity index (χ1) is 6.34.